The van der Waals surface area contributed by atoms with Crippen molar-refractivity contribution < 1.29 is 4.42 Å². The Balaban J connectivity index is 1.94. The van der Waals surface area contributed by atoms with Crippen molar-refractivity contribution in [2.24, 2.45) is 0 Å². The topological polar surface area (TPSA) is 42.2 Å². The summed E-state index contributed by atoms with van der Waals surface area (Å²) in [5.41, 5.74) is 1.94. The maximum absolute atomic E-state index is 11.8. The molecule has 0 atom stereocenters. The summed E-state index contributed by atoms with van der Waals surface area (Å²) >= 11 is 9.24. The molecule has 0 aliphatic carbocycles. The highest BCUT2D eigenvalue weighted by Crippen LogP contribution is 2.25. The van der Waals surface area contributed by atoms with Gasteiger partial charge < -0.3 is 9.73 Å². The van der Waals surface area contributed by atoms with Crippen LogP contribution in [0.4, 0.5) is 11.4 Å². The molecule has 0 bridgehead atoms. The normalized spacial score (nSPS) is 10.5. The summed E-state index contributed by atoms with van der Waals surface area (Å²) in [6, 6.07) is 18.0. The van der Waals surface area contributed by atoms with Crippen molar-refractivity contribution in [3.63, 3.8) is 0 Å². The van der Waals surface area contributed by atoms with Crippen molar-refractivity contribution in [3.8, 4) is 11.3 Å². The summed E-state index contributed by atoms with van der Waals surface area (Å²) in [6.07, 6.45) is 0. The maximum atomic E-state index is 11.8. The molecule has 1 heterocycles. The van der Waals surface area contributed by atoms with Crippen molar-refractivity contribution in [1.29, 1.82) is 0 Å². The van der Waals surface area contributed by atoms with Crippen LogP contribution in [-0.2, 0) is 0 Å². The van der Waals surface area contributed by atoms with Crippen LogP contribution in [-0.4, -0.2) is 0 Å². The van der Waals surface area contributed by atoms with Crippen molar-refractivity contribution in [1.82, 2.24) is 0 Å². The molecule has 0 saturated heterocycles. The monoisotopic (exact) mass is 375 g/mol. The van der Waals surface area contributed by atoms with Crippen LogP contribution in [0.5, 0.6) is 0 Å². The summed E-state index contributed by atoms with van der Waals surface area (Å²) in [4.78, 5) is 11.8. The average molecular weight is 377 g/mol. The first-order valence-electron chi connectivity index (χ1n) is 6.54. The van der Waals surface area contributed by atoms with Crippen LogP contribution in [0.1, 0.15) is 0 Å². The van der Waals surface area contributed by atoms with Crippen LogP contribution >= 0.6 is 27.5 Å². The fourth-order valence-corrected chi connectivity index (χ4v) is 2.40. The molecule has 3 nitrogen and oxygen atoms in total. The molecule has 0 fully saturated rings. The second-order valence-electron chi connectivity index (χ2n) is 4.67. The smallest absolute Gasteiger partial charge is 0.338 e. The minimum Gasteiger partial charge on any atom is -0.423 e. The van der Waals surface area contributed by atoms with E-state index < -0.39 is 5.63 Å². The van der Waals surface area contributed by atoms with Crippen LogP contribution in [0.25, 0.3) is 11.3 Å². The molecule has 5 heteroatoms. The Bertz CT molecular complexity index is 842. The predicted molar refractivity (Wildman–Crippen MR) is 92.8 cm³/mol. The zero-order valence-corrected chi connectivity index (χ0v) is 13.7. The largest absolute Gasteiger partial charge is 0.423 e. The first-order valence-corrected chi connectivity index (χ1v) is 7.71. The number of rotatable bonds is 3. The Morgan fingerprint density at radius 2 is 1.59 bits per heavy atom. The molecule has 1 N–H and O–H groups in total. The number of hydrogen-bond donors (Lipinski definition) is 1. The van der Waals surface area contributed by atoms with E-state index in [9.17, 15) is 4.79 Å². The highest BCUT2D eigenvalue weighted by Gasteiger charge is 2.05. The van der Waals surface area contributed by atoms with Gasteiger partial charge in [-0.15, -0.1) is 0 Å². The average Bonchev–Trinajstić information content (AvgIpc) is 2.50. The number of hydrogen-bond acceptors (Lipinski definition) is 3. The molecule has 1 aromatic heterocycles. The van der Waals surface area contributed by atoms with Gasteiger partial charge in [0.1, 0.15) is 5.76 Å². The Morgan fingerprint density at radius 1 is 0.909 bits per heavy atom. The first-order chi connectivity index (χ1) is 10.6. The van der Waals surface area contributed by atoms with Gasteiger partial charge in [-0.3, -0.25) is 0 Å². The van der Waals surface area contributed by atoms with Gasteiger partial charge in [-0.25, -0.2) is 4.79 Å². The lowest BCUT2D eigenvalue weighted by Gasteiger charge is -2.08. The van der Waals surface area contributed by atoms with Gasteiger partial charge in [-0.1, -0.05) is 39.7 Å². The maximum Gasteiger partial charge on any atom is 0.338 e. The van der Waals surface area contributed by atoms with Crippen LogP contribution in [0.2, 0.25) is 5.02 Å². The minimum atomic E-state index is -0.406. The molecule has 0 aliphatic rings. The zero-order valence-electron chi connectivity index (χ0n) is 11.3. The molecule has 2 aromatic carbocycles. The number of anilines is 2. The summed E-state index contributed by atoms with van der Waals surface area (Å²) in [6.45, 7) is 0. The Morgan fingerprint density at radius 3 is 2.27 bits per heavy atom. The predicted octanol–water partition coefficient (Wildman–Crippen LogP) is 5.47. The van der Waals surface area contributed by atoms with E-state index in [1.165, 1.54) is 6.07 Å². The van der Waals surface area contributed by atoms with E-state index in [0.29, 0.717) is 16.5 Å². The standard InChI is InChI=1S/C17H11BrClNO2/c18-12-3-1-11(2-4-12)16-9-15(10-17(21)22-16)20-14-7-5-13(19)6-8-14/h1-10,20H. The van der Waals surface area contributed by atoms with Gasteiger partial charge in [-0.05, 0) is 36.4 Å². The Kier molecular flexibility index (Phi) is 4.32. The lowest BCUT2D eigenvalue weighted by molar-refractivity contribution is 0.527. The van der Waals surface area contributed by atoms with Crippen molar-refractivity contribution in [3.05, 3.63) is 80.6 Å². The van der Waals surface area contributed by atoms with E-state index in [0.717, 1.165) is 15.7 Å². The first kappa shape index (κ1) is 14.9. The quantitative estimate of drug-likeness (QED) is 0.659. The summed E-state index contributed by atoms with van der Waals surface area (Å²) in [5, 5.41) is 3.83. The Labute approximate surface area is 140 Å². The van der Waals surface area contributed by atoms with Crippen LogP contribution < -0.4 is 10.9 Å². The second-order valence-corrected chi connectivity index (χ2v) is 6.02. The van der Waals surface area contributed by atoms with Gasteiger partial charge in [0.25, 0.3) is 0 Å². The van der Waals surface area contributed by atoms with E-state index in [2.05, 4.69) is 21.2 Å². The van der Waals surface area contributed by atoms with E-state index in [-0.39, 0.29) is 0 Å². The van der Waals surface area contributed by atoms with Crippen LogP contribution in [0, 0.1) is 0 Å². The van der Waals surface area contributed by atoms with E-state index in [4.69, 9.17) is 16.0 Å². The van der Waals surface area contributed by atoms with Gasteiger partial charge in [-0.2, -0.15) is 0 Å². The molecule has 22 heavy (non-hydrogen) atoms. The molecular weight excluding hydrogens is 366 g/mol. The summed E-state index contributed by atoms with van der Waals surface area (Å²) < 4.78 is 6.24. The third-order valence-electron chi connectivity index (χ3n) is 3.03. The van der Waals surface area contributed by atoms with Gasteiger partial charge in [0, 0.05) is 38.6 Å². The number of benzene rings is 2. The Hall–Kier alpha value is -2.04. The zero-order chi connectivity index (χ0) is 15.5. The summed E-state index contributed by atoms with van der Waals surface area (Å²) in [7, 11) is 0. The number of nitrogens with one attached hydrogen (secondary N) is 1. The second kappa shape index (κ2) is 6.38. The third kappa shape index (κ3) is 3.59. The highest BCUT2D eigenvalue weighted by atomic mass is 79.9. The highest BCUT2D eigenvalue weighted by molar-refractivity contribution is 9.10. The molecule has 3 rings (SSSR count). The molecule has 0 radical (unpaired) electrons. The molecular formula is C17H11BrClNO2. The van der Waals surface area contributed by atoms with Gasteiger partial charge in [0.15, 0.2) is 0 Å². The van der Waals surface area contributed by atoms with Crippen molar-refractivity contribution in [2.45, 2.75) is 0 Å². The fourth-order valence-electron chi connectivity index (χ4n) is 2.01. The van der Waals surface area contributed by atoms with Crippen molar-refractivity contribution >= 4 is 38.9 Å². The van der Waals surface area contributed by atoms with E-state index in [1.54, 1.807) is 18.2 Å². The number of halogens is 2. The molecule has 3 aromatic rings. The molecule has 0 aliphatic heterocycles. The van der Waals surface area contributed by atoms with Gasteiger partial charge >= 0.3 is 5.63 Å². The molecule has 110 valence electrons. The lowest BCUT2D eigenvalue weighted by Crippen LogP contribution is -2.01. The van der Waals surface area contributed by atoms with E-state index >= 15 is 0 Å². The molecule has 0 saturated carbocycles. The van der Waals surface area contributed by atoms with Crippen molar-refractivity contribution in [2.75, 3.05) is 5.32 Å². The fraction of sp³-hybridized carbons (Fsp3) is 0. The molecule has 0 spiro atoms. The van der Waals surface area contributed by atoms with Gasteiger partial charge in [0.2, 0.25) is 0 Å². The van der Waals surface area contributed by atoms with Crippen LogP contribution in [0.15, 0.2) is 74.3 Å². The molecule has 0 amide bonds. The third-order valence-corrected chi connectivity index (χ3v) is 3.81. The van der Waals surface area contributed by atoms with Crippen LogP contribution in [0.3, 0.4) is 0 Å². The minimum absolute atomic E-state index is 0.406. The van der Waals surface area contributed by atoms with Gasteiger partial charge in [0.05, 0.1) is 0 Å². The SMILES string of the molecule is O=c1cc(Nc2ccc(Cl)cc2)cc(-c2ccc(Br)cc2)o1. The van der Waals surface area contributed by atoms with E-state index in [1.807, 2.05) is 36.4 Å². The lowest BCUT2D eigenvalue weighted by atomic mass is 10.1. The summed E-state index contributed by atoms with van der Waals surface area (Å²) in [5.74, 6) is 0.511. The molecule has 0 unspecified atom stereocenters.